The molecule has 1 aliphatic rings. The van der Waals surface area contributed by atoms with E-state index in [1.807, 2.05) is 18.6 Å². The molecule has 1 saturated carbocycles. The van der Waals surface area contributed by atoms with Gasteiger partial charge in [-0.1, -0.05) is 6.08 Å². The molecular weight excluding hydrogens is 162 g/mol. The van der Waals surface area contributed by atoms with Gasteiger partial charge in [-0.15, -0.1) is 6.58 Å². The molecule has 1 aromatic rings. The summed E-state index contributed by atoms with van der Waals surface area (Å²) in [5, 5.41) is 3.28. The van der Waals surface area contributed by atoms with Crippen LogP contribution in [0.25, 0.3) is 0 Å². The molecule has 3 nitrogen and oxygen atoms in total. The highest BCUT2D eigenvalue weighted by atomic mass is 15.1. The number of nitrogens with one attached hydrogen (secondary N) is 1. The average Bonchev–Trinajstić information content (AvgIpc) is 2.88. The average molecular weight is 177 g/mol. The number of hydrogen-bond acceptors (Lipinski definition) is 2. The second-order valence-corrected chi connectivity index (χ2v) is 3.44. The van der Waals surface area contributed by atoms with Crippen LogP contribution in [0.5, 0.6) is 0 Å². The van der Waals surface area contributed by atoms with Gasteiger partial charge in [-0.05, 0) is 12.8 Å². The molecule has 3 heteroatoms. The SMILES string of the molecule is C=CCNCc1cncn1C1CC1. The summed E-state index contributed by atoms with van der Waals surface area (Å²) in [6.07, 6.45) is 8.37. The summed E-state index contributed by atoms with van der Waals surface area (Å²) < 4.78 is 2.27. The summed E-state index contributed by atoms with van der Waals surface area (Å²) in [4.78, 5) is 4.16. The molecule has 0 saturated heterocycles. The molecule has 70 valence electrons. The number of imidazole rings is 1. The Morgan fingerprint density at radius 1 is 1.69 bits per heavy atom. The summed E-state index contributed by atoms with van der Waals surface area (Å²) in [5.74, 6) is 0. The Labute approximate surface area is 78.5 Å². The van der Waals surface area contributed by atoms with Gasteiger partial charge in [0.05, 0.1) is 12.0 Å². The van der Waals surface area contributed by atoms with Crippen molar-refractivity contribution in [2.75, 3.05) is 6.54 Å². The molecule has 0 spiro atoms. The van der Waals surface area contributed by atoms with Crippen molar-refractivity contribution in [1.29, 1.82) is 0 Å². The highest BCUT2D eigenvalue weighted by Gasteiger charge is 2.24. The Balaban J connectivity index is 1.94. The first-order valence-corrected chi connectivity index (χ1v) is 4.74. The van der Waals surface area contributed by atoms with E-state index in [2.05, 4.69) is 21.4 Å². The molecule has 1 aliphatic carbocycles. The number of rotatable bonds is 5. The number of hydrogen-bond donors (Lipinski definition) is 1. The van der Waals surface area contributed by atoms with Crippen LogP contribution in [-0.4, -0.2) is 16.1 Å². The van der Waals surface area contributed by atoms with Crippen molar-refractivity contribution in [2.45, 2.75) is 25.4 Å². The maximum atomic E-state index is 4.16. The zero-order valence-electron chi connectivity index (χ0n) is 7.74. The third-order valence-corrected chi connectivity index (χ3v) is 2.28. The maximum Gasteiger partial charge on any atom is 0.0951 e. The molecule has 0 atom stereocenters. The minimum Gasteiger partial charge on any atom is -0.330 e. The second kappa shape index (κ2) is 3.75. The van der Waals surface area contributed by atoms with Crippen LogP contribution >= 0.6 is 0 Å². The lowest BCUT2D eigenvalue weighted by Gasteiger charge is -2.05. The van der Waals surface area contributed by atoms with E-state index in [0.717, 1.165) is 19.1 Å². The van der Waals surface area contributed by atoms with Crippen LogP contribution in [0.1, 0.15) is 24.6 Å². The van der Waals surface area contributed by atoms with Gasteiger partial charge >= 0.3 is 0 Å². The number of aromatic nitrogens is 2. The lowest BCUT2D eigenvalue weighted by molar-refractivity contribution is 0.646. The van der Waals surface area contributed by atoms with Crippen molar-refractivity contribution in [1.82, 2.24) is 14.9 Å². The molecule has 0 bridgehead atoms. The van der Waals surface area contributed by atoms with Crippen LogP contribution in [0, 0.1) is 0 Å². The van der Waals surface area contributed by atoms with Crippen LogP contribution < -0.4 is 5.32 Å². The van der Waals surface area contributed by atoms with E-state index >= 15 is 0 Å². The Bertz CT molecular complexity index is 286. The summed E-state index contributed by atoms with van der Waals surface area (Å²) in [7, 11) is 0. The van der Waals surface area contributed by atoms with Gasteiger partial charge in [0.1, 0.15) is 0 Å². The van der Waals surface area contributed by atoms with Gasteiger partial charge in [0.2, 0.25) is 0 Å². The molecule has 2 rings (SSSR count). The minimum absolute atomic E-state index is 0.725. The highest BCUT2D eigenvalue weighted by molar-refractivity contribution is 5.03. The summed E-state index contributed by atoms with van der Waals surface area (Å²) in [5.41, 5.74) is 1.28. The monoisotopic (exact) mass is 177 g/mol. The molecular formula is C10H15N3. The Morgan fingerprint density at radius 3 is 3.23 bits per heavy atom. The fourth-order valence-electron chi connectivity index (χ4n) is 1.45. The van der Waals surface area contributed by atoms with E-state index in [9.17, 15) is 0 Å². The molecule has 0 amide bonds. The van der Waals surface area contributed by atoms with Crippen LogP contribution in [0.4, 0.5) is 0 Å². The van der Waals surface area contributed by atoms with E-state index in [1.54, 1.807) is 0 Å². The van der Waals surface area contributed by atoms with Crippen LogP contribution in [0.2, 0.25) is 0 Å². The van der Waals surface area contributed by atoms with Crippen molar-refractivity contribution in [3.63, 3.8) is 0 Å². The van der Waals surface area contributed by atoms with Crippen LogP contribution in [-0.2, 0) is 6.54 Å². The normalized spacial score (nSPS) is 16.0. The zero-order chi connectivity index (χ0) is 9.10. The first kappa shape index (κ1) is 8.51. The standard InChI is InChI=1S/C10H15N3/c1-2-5-11-6-10-7-12-8-13(10)9-3-4-9/h2,7-9,11H,1,3-6H2. The molecule has 1 heterocycles. The van der Waals surface area contributed by atoms with Gasteiger partial charge in [0.15, 0.2) is 0 Å². The van der Waals surface area contributed by atoms with Crippen LogP contribution in [0.3, 0.4) is 0 Å². The van der Waals surface area contributed by atoms with Crippen molar-refractivity contribution in [3.05, 3.63) is 30.9 Å². The van der Waals surface area contributed by atoms with E-state index in [-0.39, 0.29) is 0 Å². The maximum absolute atomic E-state index is 4.16. The summed E-state index contributed by atoms with van der Waals surface area (Å²) in [6, 6.07) is 0.725. The first-order chi connectivity index (χ1) is 6.42. The third-order valence-electron chi connectivity index (χ3n) is 2.28. The number of nitrogens with zero attached hydrogens (tertiary/aromatic N) is 2. The molecule has 1 N–H and O–H groups in total. The second-order valence-electron chi connectivity index (χ2n) is 3.44. The molecule has 0 radical (unpaired) electrons. The fraction of sp³-hybridized carbons (Fsp3) is 0.500. The van der Waals surface area contributed by atoms with E-state index in [1.165, 1.54) is 18.5 Å². The van der Waals surface area contributed by atoms with Crippen molar-refractivity contribution >= 4 is 0 Å². The first-order valence-electron chi connectivity index (χ1n) is 4.74. The largest absolute Gasteiger partial charge is 0.330 e. The van der Waals surface area contributed by atoms with Gasteiger partial charge < -0.3 is 9.88 Å². The Kier molecular flexibility index (Phi) is 2.45. The quantitative estimate of drug-likeness (QED) is 0.545. The van der Waals surface area contributed by atoms with Gasteiger partial charge in [0.25, 0.3) is 0 Å². The van der Waals surface area contributed by atoms with Crippen molar-refractivity contribution in [2.24, 2.45) is 0 Å². The predicted molar refractivity (Wildman–Crippen MR) is 52.4 cm³/mol. The highest BCUT2D eigenvalue weighted by Crippen LogP contribution is 2.35. The lowest BCUT2D eigenvalue weighted by atomic mass is 10.4. The van der Waals surface area contributed by atoms with Gasteiger partial charge in [0, 0.05) is 25.3 Å². The van der Waals surface area contributed by atoms with E-state index in [4.69, 9.17) is 0 Å². The minimum atomic E-state index is 0.725. The Hall–Kier alpha value is -1.09. The Morgan fingerprint density at radius 2 is 2.54 bits per heavy atom. The van der Waals surface area contributed by atoms with Gasteiger partial charge in [-0.2, -0.15) is 0 Å². The van der Waals surface area contributed by atoms with Crippen LogP contribution in [0.15, 0.2) is 25.2 Å². The zero-order valence-corrected chi connectivity index (χ0v) is 7.74. The summed E-state index contributed by atoms with van der Waals surface area (Å²) in [6.45, 7) is 5.41. The van der Waals surface area contributed by atoms with Crippen molar-refractivity contribution in [3.8, 4) is 0 Å². The van der Waals surface area contributed by atoms with E-state index in [0.29, 0.717) is 0 Å². The smallest absolute Gasteiger partial charge is 0.0951 e. The topological polar surface area (TPSA) is 29.9 Å². The van der Waals surface area contributed by atoms with Crippen molar-refractivity contribution < 1.29 is 0 Å². The van der Waals surface area contributed by atoms with Gasteiger partial charge in [-0.3, -0.25) is 0 Å². The lowest BCUT2D eigenvalue weighted by Crippen LogP contribution is -2.15. The molecule has 1 fully saturated rings. The molecule has 0 unspecified atom stereocenters. The molecule has 1 aromatic heterocycles. The molecule has 13 heavy (non-hydrogen) atoms. The third kappa shape index (κ3) is 1.98. The summed E-state index contributed by atoms with van der Waals surface area (Å²) >= 11 is 0. The predicted octanol–water partition coefficient (Wildman–Crippen LogP) is 1.49. The van der Waals surface area contributed by atoms with E-state index < -0.39 is 0 Å². The molecule has 0 aromatic carbocycles. The fourth-order valence-corrected chi connectivity index (χ4v) is 1.45. The van der Waals surface area contributed by atoms with Gasteiger partial charge in [-0.25, -0.2) is 4.98 Å². The molecule has 0 aliphatic heterocycles.